The van der Waals surface area contributed by atoms with Gasteiger partial charge in [0.1, 0.15) is 11.5 Å². The number of methoxy groups -OCH3 is 2. The summed E-state index contributed by atoms with van der Waals surface area (Å²) < 4.78 is 11.4. The van der Waals surface area contributed by atoms with Crippen LogP contribution < -0.4 is 20.1 Å². The van der Waals surface area contributed by atoms with Gasteiger partial charge in [0.05, 0.1) is 19.9 Å². The number of urea groups is 1. The minimum absolute atomic E-state index is 0.288. The smallest absolute Gasteiger partial charge is 0.319 e. The van der Waals surface area contributed by atoms with Gasteiger partial charge in [-0.25, -0.2) is 4.79 Å². The summed E-state index contributed by atoms with van der Waals surface area (Å²) in [6.07, 6.45) is 0.740. The van der Waals surface area contributed by atoms with E-state index in [1.54, 1.807) is 32.4 Å². The maximum Gasteiger partial charge on any atom is 0.319 e. The van der Waals surface area contributed by atoms with Crippen LogP contribution in [-0.2, 0) is 6.42 Å². The number of halogens is 1. The van der Waals surface area contributed by atoms with E-state index in [1.807, 2.05) is 24.3 Å². The Labute approximate surface area is 144 Å². The molecule has 6 heteroatoms. The van der Waals surface area contributed by atoms with E-state index in [1.165, 1.54) is 0 Å². The maximum atomic E-state index is 12.0. The first-order valence-corrected chi connectivity index (χ1v) is 7.93. The molecule has 0 atom stereocenters. The summed E-state index contributed by atoms with van der Waals surface area (Å²) in [4.78, 5) is 12.0. The molecule has 0 heterocycles. The summed E-state index contributed by atoms with van der Waals surface area (Å²) in [5.41, 5.74) is 1.71. The molecule has 0 saturated carbocycles. The van der Waals surface area contributed by atoms with Crippen LogP contribution in [-0.4, -0.2) is 26.8 Å². The van der Waals surface area contributed by atoms with Gasteiger partial charge >= 0.3 is 6.03 Å². The predicted molar refractivity (Wildman–Crippen MR) is 94.4 cm³/mol. The SMILES string of the molecule is COc1ccc(OC)c(NC(=O)NCCc2ccccc2Br)c1. The first kappa shape index (κ1) is 17.1. The zero-order chi connectivity index (χ0) is 16.7. The van der Waals surface area contributed by atoms with Gasteiger partial charge < -0.3 is 20.1 Å². The van der Waals surface area contributed by atoms with Crippen molar-refractivity contribution in [2.24, 2.45) is 0 Å². The molecule has 2 aromatic rings. The molecule has 2 amide bonds. The van der Waals surface area contributed by atoms with Crippen molar-refractivity contribution in [3.8, 4) is 11.5 Å². The van der Waals surface area contributed by atoms with Gasteiger partial charge in [-0.05, 0) is 30.2 Å². The lowest BCUT2D eigenvalue weighted by Gasteiger charge is -2.12. The molecule has 122 valence electrons. The molecule has 0 unspecified atom stereocenters. The van der Waals surface area contributed by atoms with E-state index >= 15 is 0 Å². The van der Waals surface area contributed by atoms with Crippen molar-refractivity contribution in [1.82, 2.24) is 5.32 Å². The highest BCUT2D eigenvalue weighted by Gasteiger charge is 2.09. The zero-order valence-electron chi connectivity index (χ0n) is 13.1. The molecule has 0 fully saturated rings. The molecule has 0 saturated heterocycles. The monoisotopic (exact) mass is 378 g/mol. The Bertz CT molecular complexity index is 677. The highest BCUT2D eigenvalue weighted by Crippen LogP contribution is 2.28. The van der Waals surface area contributed by atoms with Crippen LogP contribution in [0.3, 0.4) is 0 Å². The van der Waals surface area contributed by atoms with Gasteiger partial charge in [0.15, 0.2) is 0 Å². The van der Waals surface area contributed by atoms with Crippen molar-refractivity contribution in [2.75, 3.05) is 26.1 Å². The van der Waals surface area contributed by atoms with Crippen LogP contribution in [0.5, 0.6) is 11.5 Å². The molecule has 23 heavy (non-hydrogen) atoms. The predicted octanol–water partition coefficient (Wildman–Crippen LogP) is 3.83. The number of benzene rings is 2. The van der Waals surface area contributed by atoms with Crippen LogP contribution >= 0.6 is 15.9 Å². The van der Waals surface area contributed by atoms with Crippen molar-refractivity contribution in [3.05, 3.63) is 52.5 Å². The van der Waals surface area contributed by atoms with E-state index in [-0.39, 0.29) is 6.03 Å². The Hall–Kier alpha value is -2.21. The van der Waals surface area contributed by atoms with Crippen LogP contribution in [0.4, 0.5) is 10.5 Å². The van der Waals surface area contributed by atoms with Crippen LogP contribution in [0.2, 0.25) is 0 Å². The second-order valence-corrected chi connectivity index (χ2v) is 5.64. The highest BCUT2D eigenvalue weighted by molar-refractivity contribution is 9.10. The summed E-state index contributed by atoms with van der Waals surface area (Å²) in [6, 6.07) is 12.9. The van der Waals surface area contributed by atoms with Gasteiger partial charge in [-0.1, -0.05) is 34.1 Å². The molecular weight excluding hydrogens is 360 g/mol. The lowest BCUT2D eigenvalue weighted by molar-refractivity contribution is 0.252. The first-order valence-electron chi connectivity index (χ1n) is 7.14. The number of amides is 2. The third kappa shape index (κ3) is 4.89. The van der Waals surface area contributed by atoms with Crippen LogP contribution in [0.15, 0.2) is 46.9 Å². The average Bonchev–Trinajstić information content (AvgIpc) is 2.56. The van der Waals surface area contributed by atoms with Gasteiger partial charge in [-0.2, -0.15) is 0 Å². The van der Waals surface area contributed by atoms with Gasteiger partial charge in [0.2, 0.25) is 0 Å². The fraction of sp³-hybridized carbons (Fsp3) is 0.235. The Balaban J connectivity index is 1.91. The molecule has 0 bridgehead atoms. The van der Waals surface area contributed by atoms with Gasteiger partial charge in [0.25, 0.3) is 0 Å². The number of anilines is 1. The number of rotatable bonds is 6. The number of ether oxygens (including phenoxy) is 2. The van der Waals surface area contributed by atoms with Crippen LogP contribution in [0, 0.1) is 0 Å². The van der Waals surface area contributed by atoms with E-state index in [0.29, 0.717) is 23.7 Å². The maximum absolute atomic E-state index is 12.0. The summed E-state index contributed by atoms with van der Waals surface area (Å²) >= 11 is 3.49. The van der Waals surface area contributed by atoms with Gasteiger partial charge in [-0.3, -0.25) is 0 Å². The minimum Gasteiger partial charge on any atom is -0.497 e. The summed E-state index contributed by atoms with van der Waals surface area (Å²) in [5.74, 6) is 1.22. The molecule has 0 aliphatic rings. The van der Waals surface area contributed by atoms with Crippen LogP contribution in [0.25, 0.3) is 0 Å². The fourth-order valence-corrected chi connectivity index (χ4v) is 2.57. The number of hydrogen-bond acceptors (Lipinski definition) is 3. The first-order chi connectivity index (χ1) is 11.1. The standard InChI is InChI=1S/C17H19BrN2O3/c1-22-13-7-8-16(23-2)15(11-13)20-17(21)19-10-9-12-5-3-4-6-14(12)18/h3-8,11H,9-10H2,1-2H3,(H2,19,20,21). The lowest BCUT2D eigenvalue weighted by Crippen LogP contribution is -2.30. The van der Waals surface area contributed by atoms with Crippen LogP contribution in [0.1, 0.15) is 5.56 Å². The third-order valence-electron chi connectivity index (χ3n) is 3.29. The van der Waals surface area contributed by atoms with Crippen molar-refractivity contribution in [2.45, 2.75) is 6.42 Å². The molecule has 2 rings (SSSR count). The molecule has 2 aromatic carbocycles. The summed E-state index contributed by atoms with van der Waals surface area (Å²) in [5, 5.41) is 5.60. The second-order valence-electron chi connectivity index (χ2n) is 4.79. The van der Waals surface area contributed by atoms with Gasteiger partial charge in [0, 0.05) is 17.1 Å². The summed E-state index contributed by atoms with van der Waals surface area (Å²) in [7, 11) is 3.13. The average molecular weight is 379 g/mol. The summed E-state index contributed by atoms with van der Waals surface area (Å²) in [6.45, 7) is 0.529. The highest BCUT2D eigenvalue weighted by atomic mass is 79.9. The molecule has 0 spiro atoms. The van der Waals surface area contributed by atoms with E-state index in [0.717, 1.165) is 16.5 Å². The largest absolute Gasteiger partial charge is 0.497 e. The normalized spacial score (nSPS) is 10.0. The Morgan fingerprint density at radius 2 is 1.91 bits per heavy atom. The number of nitrogens with one attached hydrogen (secondary N) is 2. The van der Waals surface area contributed by atoms with E-state index in [4.69, 9.17) is 9.47 Å². The lowest BCUT2D eigenvalue weighted by atomic mass is 10.1. The Kier molecular flexibility index (Phi) is 6.29. The quantitative estimate of drug-likeness (QED) is 0.802. The molecule has 0 aliphatic carbocycles. The van der Waals surface area contributed by atoms with E-state index < -0.39 is 0 Å². The zero-order valence-corrected chi connectivity index (χ0v) is 14.6. The number of hydrogen-bond donors (Lipinski definition) is 2. The molecule has 0 aliphatic heterocycles. The third-order valence-corrected chi connectivity index (χ3v) is 4.07. The fourth-order valence-electron chi connectivity index (χ4n) is 2.09. The molecule has 0 radical (unpaired) electrons. The topological polar surface area (TPSA) is 59.6 Å². The molecule has 0 aromatic heterocycles. The van der Waals surface area contributed by atoms with E-state index in [2.05, 4.69) is 26.6 Å². The number of carbonyl (C=O) groups is 1. The Morgan fingerprint density at radius 1 is 1.13 bits per heavy atom. The number of carbonyl (C=O) groups excluding carboxylic acids is 1. The van der Waals surface area contributed by atoms with Gasteiger partial charge in [-0.15, -0.1) is 0 Å². The minimum atomic E-state index is -0.288. The van der Waals surface area contributed by atoms with Crippen molar-refractivity contribution in [3.63, 3.8) is 0 Å². The molecule has 2 N–H and O–H groups in total. The second kappa shape index (κ2) is 8.43. The van der Waals surface area contributed by atoms with Crippen molar-refractivity contribution in [1.29, 1.82) is 0 Å². The van der Waals surface area contributed by atoms with Crippen molar-refractivity contribution < 1.29 is 14.3 Å². The van der Waals surface area contributed by atoms with Crippen molar-refractivity contribution >= 4 is 27.6 Å². The Morgan fingerprint density at radius 3 is 2.61 bits per heavy atom. The van der Waals surface area contributed by atoms with E-state index in [9.17, 15) is 4.79 Å². The molecular formula is C17H19BrN2O3. The molecule has 5 nitrogen and oxygen atoms in total.